The van der Waals surface area contributed by atoms with Gasteiger partial charge in [0.1, 0.15) is 0 Å². The van der Waals surface area contributed by atoms with Crippen LogP contribution in [-0.2, 0) is 20.9 Å². The number of carbonyl (C=O) groups is 3. The molecule has 0 aliphatic carbocycles. The number of methoxy groups -OCH3 is 1. The van der Waals surface area contributed by atoms with Crippen molar-refractivity contribution >= 4 is 23.6 Å². The zero-order valence-electron chi connectivity index (χ0n) is 14.9. The van der Waals surface area contributed by atoms with Gasteiger partial charge in [-0.1, -0.05) is 12.1 Å². The Morgan fingerprint density at radius 2 is 2.12 bits per heavy atom. The van der Waals surface area contributed by atoms with E-state index in [0.717, 1.165) is 18.4 Å². The van der Waals surface area contributed by atoms with Crippen LogP contribution in [0.5, 0.6) is 0 Å². The fourth-order valence-electron chi connectivity index (χ4n) is 2.86. The highest BCUT2D eigenvalue weighted by atomic mass is 16.5. The Morgan fingerprint density at radius 1 is 1.36 bits per heavy atom. The van der Waals surface area contributed by atoms with Gasteiger partial charge in [-0.05, 0) is 30.5 Å². The third-order valence-corrected chi connectivity index (χ3v) is 4.38. The van der Waals surface area contributed by atoms with Gasteiger partial charge in [0.05, 0.1) is 13.0 Å². The molecule has 7 heteroatoms. The lowest BCUT2D eigenvalue weighted by Gasteiger charge is -2.30. The number of nitrogens with one attached hydrogen (secondary N) is 1. The summed E-state index contributed by atoms with van der Waals surface area (Å²) in [6.07, 6.45) is 1.12. The van der Waals surface area contributed by atoms with Crippen molar-refractivity contribution in [1.29, 1.82) is 0 Å². The molecule has 1 aliphatic heterocycles. The van der Waals surface area contributed by atoms with Gasteiger partial charge in [0.25, 0.3) is 0 Å². The summed E-state index contributed by atoms with van der Waals surface area (Å²) in [5.74, 6) is -0.373. The van der Waals surface area contributed by atoms with Crippen molar-refractivity contribution in [3.05, 3.63) is 29.8 Å². The van der Waals surface area contributed by atoms with Gasteiger partial charge in [-0.25, -0.2) is 4.79 Å². The molecular formula is C18H25N3O4. The van der Waals surface area contributed by atoms with Crippen molar-refractivity contribution in [1.82, 2.24) is 9.80 Å². The lowest BCUT2D eigenvalue weighted by atomic mass is 9.97. The average molecular weight is 347 g/mol. The number of piperidine rings is 1. The smallest absolute Gasteiger partial charge is 0.409 e. The Labute approximate surface area is 147 Å². The van der Waals surface area contributed by atoms with Gasteiger partial charge in [0.2, 0.25) is 11.8 Å². The quantitative estimate of drug-likeness (QED) is 0.904. The van der Waals surface area contributed by atoms with Crippen LogP contribution < -0.4 is 5.32 Å². The normalized spacial score (nSPS) is 16.9. The molecule has 0 saturated carbocycles. The van der Waals surface area contributed by atoms with E-state index in [1.807, 2.05) is 24.3 Å². The predicted octanol–water partition coefficient (Wildman–Crippen LogP) is 2.08. The van der Waals surface area contributed by atoms with Crippen LogP contribution in [0.1, 0.15) is 25.3 Å². The maximum Gasteiger partial charge on any atom is 0.409 e. The van der Waals surface area contributed by atoms with E-state index < -0.39 is 6.09 Å². The number of ether oxygens (including phenoxy) is 1. The maximum atomic E-state index is 12.5. The van der Waals surface area contributed by atoms with E-state index in [1.54, 1.807) is 16.8 Å². The van der Waals surface area contributed by atoms with Crippen molar-refractivity contribution in [2.24, 2.45) is 5.92 Å². The maximum absolute atomic E-state index is 12.5. The van der Waals surface area contributed by atoms with Gasteiger partial charge in [-0.2, -0.15) is 0 Å². The van der Waals surface area contributed by atoms with Crippen LogP contribution >= 0.6 is 0 Å². The number of anilines is 1. The van der Waals surface area contributed by atoms with Gasteiger partial charge < -0.3 is 19.9 Å². The third kappa shape index (κ3) is 5.20. The molecule has 1 aliphatic rings. The molecule has 0 unspecified atom stereocenters. The first-order chi connectivity index (χ1) is 11.9. The Morgan fingerprint density at radius 3 is 2.80 bits per heavy atom. The molecule has 0 bridgehead atoms. The number of carbonyl (C=O) groups excluding carboxylic acids is 3. The molecule has 1 atom stereocenters. The Balaban J connectivity index is 1.98. The summed E-state index contributed by atoms with van der Waals surface area (Å²) < 4.78 is 4.73. The fraction of sp³-hybridized carbons (Fsp3) is 0.500. The summed E-state index contributed by atoms with van der Waals surface area (Å²) in [7, 11) is 3.08. The number of nitrogens with zero attached hydrogens (tertiary/aromatic N) is 2. The van der Waals surface area contributed by atoms with Crippen molar-refractivity contribution in [2.45, 2.75) is 26.3 Å². The summed E-state index contributed by atoms with van der Waals surface area (Å²) in [5, 5.41) is 2.91. The molecule has 3 amide bonds. The zero-order valence-corrected chi connectivity index (χ0v) is 14.9. The second-order valence-corrected chi connectivity index (χ2v) is 6.32. The Hall–Kier alpha value is -2.57. The number of rotatable bonds is 4. The van der Waals surface area contributed by atoms with Crippen LogP contribution in [0.2, 0.25) is 0 Å². The molecule has 0 spiro atoms. The van der Waals surface area contributed by atoms with Crippen LogP contribution in [-0.4, -0.2) is 55.0 Å². The second-order valence-electron chi connectivity index (χ2n) is 6.32. The molecule has 1 heterocycles. The highest BCUT2D eigenvalue weighted by molar-refractivity contribution is 5.93. The van der Waals surface area contributed by atoms with E-state index in [2.05, 4.69) is 5.32 Å². The van der Waals surface area contributed by atoms with Crippen LogP contribution in [0.3, 0.4) is 0 Å². The summed E-state index contributed by atoms with van der Waals surface area (Å²) in [4.78, 5) is 38.7. The third-order valence-electron chi connectivity index (χ3n) is 4.38. The molecule has 1 saturated heterocycles. The van der Waals surface area contributed by atoms with Gasteiger partial charge in [-0.15, -0.1) is 0 Å². The number of likely N-dealkylation sites (tertiary alicyclic amines) is 1. The van der Waals surface area contributed by atoms with Crippen molar-refractivity contribution in [3.8, 4) is 0 Å². The SMILES string of the molecule is COC(=O)N1CCC[C@H](C(=O)Nc2cccc(CN(C)C(C)=O)c2)C1. The number of hydrogen-bond acceptors (Lipinski definition) is 4. The van der Waals surface area contributed by atoms with Gasteiger partial charge >= 0.3 is 6.09 Å². The fourth-order valence-corrected chi connectivity index (χ4v) is 2.86. The summed E-state index contributed by atoms with van der Waals surface area (Å²) in [5.41, 5.74) is 1.63. The lowest BCUT2D eigenvalue weighted by molar-refractivity contribution is -0.128. The van der Waals surface area contributed by atoms with Crippen LogP contribution in [0.4, 0.5) is 10.5 Å². The topological polar surface area (TPSA) is 79.0 Å². The van der Waals surface area contributed by atoms with Crippen molar-refractivity contribution in [3.63, 3.8) is 0 Å². The second kappa shape index (κ2) is 8.50. The minimum absolute atomic E-state index is 0.0143. The first kappa shape index (κ1) is 18.8. The molecule has 1 fully saturated rings. The molecule has 1 aromatic carbocycles. The average Bonchev–Trinajstić information content (AvgIpc) is 2.61. The molecule has 1 N–H and O–H groups in total. The molecular weight excluding hydrogens is 322 g/mol. The zero-order chi connectivity index (χ0) is 18.4. The molecule has 7 nitrogen and oxygen atoms in total. The monoisotopic (exact) mass is 347 g/mol. The Bertz CT molecular complexity index is 647. The largest absolute Gasteiger partial charge is 0.453 e. The number of amides is 3. The summed E-state index contributed by atoms with van der Waals surface area (Å²) in [6.45, 7) is 2.98. The van der Waals surface area contributed by atoms with Gasteiger partial charge in [0, 0.05) is 39.3 Å². The van der Waals surface area contributed by atoms with E-state index >= 15 is 0 Å². The van der Waals surface area contributed by atoms with E-state index in [-0.39, 0.29) is 17.7 Å². The highest BCUT2D eigenvalue weighted by Crippen LogP contribution is 2.20. The standard InChI is InChI=1S/C18H25N3O4/c1-13(22)20(2)11-14-6-4-8-16(10-14)19-17(23)15-7-5-9-21(12-15)18(24)25-3/h4,6,8,10,15H,5,7,9,11-12H2,1-3H3,(H,19,23)/t15-/m0/s1. The van der Waals surface area contributed by atoms with Gasteiger partial charge in [-0.3, -0.25) is 9.59 Å². The van der Waals surface area contributed by atoms with Crippen molar-refractivity contribution in [2.75, 3.05) is 32.6 Å². The first-order valence-electron chi connectivity index (χ1n) is 8.35. The Kier molecular flexibility index (Phi) is 6.38. The molecule has 1 aromatic rings. The van der Waals surface area contributed by atoms with Crippen LogP contribution in [0.15, 0.2) is 24.3 Å². The summed E-state index contributed by atoms with van der Waals surface area (Å²) in [6, 6.07) is 7.43. The van der Waals surface area contributed by atoms with E-state index in [0.29, 0.717) is 25.3 Å². The lowest BCUT2D eigenvalue weighted by Crippen LogP contribution is -2.43. The minimum Gasteiger partial charge on any atom is -0.453 e. The molecule has 0 aromatic heterocycles. The van der Waals surface area contributed by atoms with Crippen LogP contribution in [0.25, 0.3) is 0 Å². The number of hydrogen-bond donors (Lipinski definition) is 1. The molecule has 25 heavy (non-hydrogen) atoms. The van der Waals surface area contributed by atoms with Gasteiger partial charge in [0.15, 0.2) is 0 Å². The summed E-state index contributed by atoms with van der Waals surface area (Å²) >= 11 is 0. The molecule has 136 valence electrons. The first-order valence-corrected chi connectivity index (χ1v) is 8.35. The van der Waals surface area contributed by atoms with Crippen molar-refractivity contribution < 1.29 is 19.1 Å². The van der Waals surface area contributed by atoms with E-state index in [9.17, 15) is 14.4 Å². The van der Waals surface area contributed by atoms with Crippen LogP contribution in [0, 0.1) is 5.92 Å². The van der Waals surface area contributed by atoms with E-state index in [1.165, 1.54) is 14.0 Å². The molecule has 2 rings (SSSR count). The molecule has 0 radical (unpaired) electrons. The van der Waals surface area contributed by atoms with E-state index in [4.69, 9.17) is 4.74 Å². The predicted molar refractivity (Wildman–Crippen MR) is 93.9 cm³/mol. The highest BCUT2D eigenvalue weighted by Gasteiger charge is 2.28. The number of benzene rings is 1. The minimum atomic E-state index is -0.397.